The number of carbonyl (C=O) groups excluding carboxylic acids is 1. The largest absolute Gasteiger partial charge is 0.497 e. The summed E-state index contributed by atoms with van der Waals surface area (Å²) >= 11 is 1.25. The average Bonchev–Trinajstić information content (AvgIpc) is 2.87. The number of methoxy groups -OCH3 is 1. The van der Waals surface area contributed by atoms with Crippen LogP contribution in [-0.2, 0) is 14.8 Å². The van der Waals surface area contributed by atoms with Gasteiger partial charge in [0.1, 0.15) is 11.4 Å². The highest BCUT2D eigenvalue weighted by atomic mass is 32.2. The molecule has 2 aromatic rings. The molecule has 0 spiro atoms. The molecule has 0 aliphatic rings. The summed E-state index contributed by atoms with van der Waals surface area (Å²) in [6.07, 6.45) is 0. The molecular weight excluding hydrogens is 352 g/mol. The van der Waals surface area contributed by atoms with Gasteiger partial charge in [-0.3, -0.25) is 4.79 Å². The van der Waals surface area contributed by atoms with Gasteiger partial charge in [-0.15, -0.1) is 11.8 Å². The molecule has 9 heteroatoms. The first-order valence-electron chi connectivity index (χ1n) is 7.05. The summed E-state index contributed by atoms with van der Waals surface area (Å²) in [6, 6.07) is 7.15. The zero-order valence-electron chi connectivity index (χ0n) is 13.7. The van der Waals surface area contributed by atoms with Crippen molar-refractivity contribution in [3.8, 4) is 5.75 Å². The monoisotopic (exact) mass is 370 g/mol. The molecule has 0 fully saturated rings. The Hall–Kier alpha value is -2.00. The summed E-state index contributed by atoms with van der Waals surface area (Å²) in [5.41, 5.74) is 0.211. The Morgan fingerprint density at radius 2 is 1.92 bits per heavy atom. The number of nitrogens with zero attached hydrogens (tertiary/aromatic N) is 1. The summed E-state index contributed by atoms with van der Waals surface area (Å²) in [4.78, 5) is 12.9. The average molecular weight is 370 g/mol. The molecular formula is C15H18N2O5S2. The van der Waals surface area contributed by atoms with Crippen molar-refractivity contribution in [1.82, 2.24) is 9.88 Å². The molecule has 0 saturated heterocycles. The Labute approximate surface area is 144 Å². The maximum atomic E-state index is 12.3. The summed E-state index contributed by atoms with van der Waals surface area (Å²) in [7, 11) is -2.45. The van der Waals surface area contributed by atoms with E-state index in [4.69, 9.17) is 9.26 Å². The van der Waals surface area contributed by atoms with Crippen molar-refractivity contribution in [3.63, 3.8) is 0 Å². The number of carbonyl (C=O) groups is 1. The van der Waals surface area contributed by atoms with E-state index in [-0.39, 0.29) is 16.3 Å². The predicted molar refractivity (Wildman–Crippen MR) is 89.6 cm³/mol. The van der Waals surface area contributed by atoms with Crippen molar-refractivity contribution in [1.29, 1.82) is 0 Å². The second-order valence-electron chi connectivity index (χ2n) is 5.06. The van der Waals surface area contributed by atoms with Crippen LogP contribution in [0.3, 0.4) is 0 Å². The number of hydrogen-bond donors (Lipinski definition) is 1. The lowest BCUT2D eigenvalue weighted by Gasteiger charge is -2.12. The van der Waals surface area contributed by atoms with Crippen molar-refractivity contribution in [3.05, 3.63) is 35.7 Å². The van der Waals surface area contributed by atoms with E-state index in [1.165, 1.54) is 25.6 Å². The van der Waals surface area contributed by atoms with Gasteiger partial charge in [-0.25, -0.2) is 13.1 Å². The zero-order valence-corrected chi connectivity index (χ0v) is 15.3. The maximum Gasteiger partial charge on any atom is 0.269 e. The van der Waals surface area contributed by atoms with Gasteiger partial charge in [0, 0.05) is 4.90 Å². The summed E-state index contributed by atoms with van der Waals surface area (Å²) < 4.78 is 36.6. The SMILES string of the molecule is COc1ccc(S[C@@H](C)C(=O)NS(=O)(=O)c2c(C)noc2C)cc1. The first-order chi connectivity index (χ1) is 11.2. The lowest BCUT2D eigenvalue weighted by atomic mass is 10.3. The molecule has 1 aromatic carbocycles. The first kappa shape index (κ1) is 18.3. The number of benzene rings is 1. The Morgan fingerprint density at radius 1 is 1.29 bits per heavy atom. The Balaban J connectivity index is 2.08. The van der Waals surface area contributed by atoms with Crippen molar-refractivity contribution in [2.24, 2.45) is 0 Å². The molecule has 7 nitrogen and oxygen atoms in total. The molecule has 24 heavy (non-hydrogen) atoms. The summed E-state index contributed by atoms with van der Waals surface area (Å²) in [5.74, 6) is 0.233. The molecule has 130 valence electrons. The van der Waals surface area contributed by atoms with Crippen LogP contribution in [0, 0.1) is 13.8 Å². The second kappa shape index (κ2) is 7.27. The lowest BCUT2D eigenvalue weighted by Crippen LogP contribution is -2.36. The highest BCUT2D eigenvalue weighted by Gasteiger charge is 2.28. The van der Waals surface area contributed by atoms with Crippen LogP contribution >= 0.6 is 11.8 Å². The van der Waals surface area contributed by atoms with E-state index in [9.17, 15) is 13.2 Å². The van der Waals surface area contributed by atoms with Gasteiger partial charge in [-0.1, -0.05) is 5.16 Å². The van der Waals surface area contributed by atoms with E-state index in [1.54, 1.807) is 38.3 Å². The van der Waals surface area contributed by atoms with Gasteiger partial charge in [0.25, 0.3) is 10.0 Å². The number of aryl methyl sites for hydroxylation is 2. The number of sulfonamides is 1. The molecule has 1 aromatic heterocycles. The molecule has 0 bridgehead atoms. The molecule has 0 radical (unpaired) electrons. The van der Waals surface area contributed by atoms with Gasteiger partial charge >= 0.3 is 0 Å². The highest BCUT2D eigenvalue weighted by molar-refractivity contribution is 8.00. The molecule has 1 atom stereocenters. The third kappa shape index (κ3) is 4.09. The molecule has 1 N–H and O–H groups in total. The van der Waals surface area contributed by atoms with Crippen molar-refractivity contribution < 1.29 is 22.5 Å². The molecule has 0 aliphatic carbocycles. The lowest BCUT2D eigenvalue weighted by molar-refractivity contribution is -0.118. The van der Waals surface area contributed by atoms with Gasteiger partial charge in [-0.05, 0) is 45.0 Å². The quantitative estimate of drug-likeness (QED) is 0.779. The number of hydrogen-bond acceptors (Lipinski definition) is 7. The molecule has 0 aliphatic heterocycles. The smallest absolute Gasteiger partial charge is 0.269 e. The van der Waals surface area contributed by atoms with Gasteiger partial charge in [0.05, 0.1) is 12.4 Å². The van der Waals surface area contributed by atoms with E-state index in [0.29, 0.717) is 5.75 Å². The maximum absolute atomic E-state index is 12.3. The molecule has 1 heterocycles. The third-order valence-electron chi connectivity index (χ3n) is 3.21. The van der Waals surface area contributed by atoms with Gasteiger partial charge in [0.15, 0.2) is 10.7 Å². The summed E-state index contributed by atoms with van der Waals surface area (Å²) in [5, 5.41) is 2.99. The first-order valence-corrected chi connectivity index (χ1v) is 9.41. The van der Waals surface area contributed by atoms with E-state index in [0.717, 1.165) is 4.90 Å². The third-order valence-corrected chi connectivity index (χ3v) is 5.92. The minimum atomic E-state index is -4.01. The zero-order chi connectivity index (χ0) is 17.9. The van der Waals surface area contributed by atoms with Gasteiger partial charge in [-0.2, -0.15) is 0 Å². The topological polar surface area (TPSA) is 98.5 Å². The van der Waals surface area contributed by atoms with E-state index in [2.05, 4.69) is 9.88 Å². The van der Waals surface area contributed by atoms with Crippen molar-refractivity contribution >= 4 is 27.7 Å². The molecule has 0 saturated carbocycles. The van der Waals surface area contributed by atoms with Gasteiger partial charge < -0.3 is 9.26 Å². The van der Waals surface area contributed by atoms with Crippen molar-refractivity contribution in [2.45, 2.75) is 35.8 Å². The van der Waals surface area contributed by atoms with Gasteiger partial charge in [0.2, 0.25) is 5.91 Å². The number of amides is 1. The predicted octanol–water partition coefficient (Wildman–Crippen LogP) is 2.29. The van der Waals surface area contributed by atoms with Crippen LogP contribution in [0.5, 0.6) is 5.75 Å². The fourth-order valence-corrected chi connectivity index (χ4v) is 4.36. The second-order valence-corrected chi connectivity index (χ2v) is 8.09. The van der Waals surface area contributed by atoms with E-state index >= 15 is 0 Å². The number of rotatable bonds is 6. The van der Waals surface area contributed by atoms with Crippen LogP contribution in [-0.4, -0.2) is 31.8 Å². The number of ether oxygens (including phenoxy) is 1. The van der Waals surface area contributed by atoms with E-state index < -0.39 is 21.2 Å². The fourth-order valence-electron chi connectivity index (χ4n) is 2.04. The highest BCUT2D eigenvalue weighted by Crippen LogP contribution is 2.26. The van der Waals surface area contributed by atoms with E-state index in [1.807, 2.05) is 0 Å². The molecule has 1 amide bonds. The molecule has 0 unspecified atom stereocenters. The number of nitrogens with one attached hydrogen (secondary N) is 1. The Bertz CT molecular complexity index is 809. The Kier molecular flexibility index (Phi) is 5.55. The molecule has 2 rings (SSSR count). The number of thioether (sulfide) groups is 1. The van der Waals surface area contributed by atoms with Crippen LogP contribution in [0.15, 0.2) is 38.6 Å². The van der Waals surface area contributed by atoms with Crippen LogP contribution in [0.1, 0.15) is 18.4 Å². The normalized spacial score (nSPS) is 12.7. The van der Waals surface area contributed by atoms with Crippen LogP contribution in [0.2, 0.25) is 0 Å². The van der Waals surface area contributed by atoms with Crippen LogP contribution < -0.4 is 9.46 Å². The standard InChI is InChI=1S/C15H18N2O5S2/c1-9-14(10(2)22-16-9)24(19,20)17-15(18)11(3)23-13-7-5-12(21-4)6-8-13/h5-8,11H,1-4H3,(H,17,18)/t11-/m0/s1. The van der Waals surface area contributed by atoms with Crippen LogP contribution in [0.25, 0.3) is 0 Å². The minimum Gasteiger partial charge on any atom is -0.497 e. The Morgan fingerprint density at radius 3 is 2.42 bits per heavy atom. The summed E-state index contributed by atoms with van der Waals surface area (Å²) in [6.45, 7) is 4.62. The minimum absolute atomic E-state index is 0.0995. The fraction of sp³-hybridized carbons (Fsp3) is 0.333. The van der Waals surface area contributed by atoms with Crippen LogP contribution in [0.4, 0.5) is 0 Å². The van der Waals surface area contributed by atoms with Crippen molar-refractivity contribution in [2.75, 3.05) is 7.11 Å². The number of aromatic nitrogens is 1.